The molecule has 0 N–H and O–H groups in total. The summed E-state index contributed by atoms with van der Waals surface area (Å²) in [5, 5.41) is 0. The summed E-state index contributed by atoms with van der Waals surface area (Å²) in [4.78, 5) is 4.73. The molecule has 1 unspecified atom stereocenters. The lowest BCUT2D eigenvalue weighted by Gasteiger charge is -2.15. The molecule has 0 radical (unpaired) electrons. The van der Waals surface area contributed by atoms with Crippen LogP contribution in [0.5, 0.6) is 5.75 Å². The number of nitrogens with zero attached hydrogens (tertiary/aromatic N) is 2. The molecule has 0 aliphatic heterocycles. The van der Waals surface area contributed by atoms with E-state index in [1.165, 1.54) is 0 Å². The Hall–Kier alpha value is -1.26. The second-order valence-corrected chi connectivity index (χ2v) is 5.28. The fourth-order valence-electron chi connectivity index (χ4n) is 2.51. The molecule has 1 heterocycles. The SMILES string of the molecule is CCOc1cccc2c1nc(CCCl)n2CC(C)OCC. The van der Waals surface area contributed by atoms with Crippen molar-refractivity contribution in [1.29, 1.82) is 0 Å². The standard InChI is InChI=1S/C16H23ClN2O2/c1-4-20-12(3)11-19-13-7-6-8-14(21-5-2)16(13)18-15(19)9-10-17/h6-8,12H,4-5,9-11H2,1-3H3. The van der Waals surface area contributed by atoms with Crippen molar-refractivity contribution in [3.63, 3.8) is 0 Å². The van der Waals surface area contributed by atoms with E-state index >= 15 is 0 Å². The number of aromatic nitrogens is 2. The predicted octanol–water partition coefficient (Wildman–Crippen LogP) is 3.64. The minimum Gasteiger partial charge on any atom is -0.492 e. The highest BCUT2D eigenvalue weighted by atomic mass is 35.5. The van der Waals surface area contributed by atoms with Gasteiger partial charge in [-0.15, -0.1) is 11.6 Å². The Kier molecular flexibility index (Phi) is 5.88. The van der Waals surface area contributed by atoms with Gasteiger partial charge >= 0.3 is 0 Å². The van der Waals surface area contributed by atoms with E-state index < -0.39 is 0 Å². The van der Waals surface area contributed by atoms with Crippen LogP contribution in [-0.2, 0) is 17.7 Å². The molecule has 0 bridgehead atoms. The van der Waals surface area contributed by atoms with E-state index in [1.807, 2.05) is 26.0 Å². The smallest absolute Gasteiger partial charge is 0.147 e. The van der Waals surface area contributed by atoms with Crippen LogP contribution in [0.2, 0.25) is 0 Å². The summed E-state index contributed by atoms with van der Waals surface area (Å²) in [6, 6.07) is 6.03. The zero-order chi connectivity index (χ0) is 15.2. The Labute approximate surface area is 131 Å². The van der Waals surface area contributed by atoms with Crippen LogP contribution in [0.25, 0.3) is 11.0 Å². The van der Waals surface area contributed by atoms with Crippen LogP contribution in [0.15, 0.2) is 18.2 Å². The summed E-state index contributed by atoms with van der Waals surface area (Å²) in [7, 11) is 0. The summed E-state index contributed by atoms with van der Waals surface area (Å²) in [6.07, 6.45) is 0.873. The van der Waals surface area contributed by atoms with Crippen LogP contribution >= 0.6 is 11.6 Å². The Morgan fingerprint density at radius 1 is 1.29 bits per heavy atom. The molecule has 2 rings (SSSR count). The summed E-state index contributed by atoms with van der Waals surface area (Å²) >= 11 is 5.92. The average Bonchev–Trinajstić information content (AvgIpc) is 2.79. The highest BCUT2D eigenvalue weighted by molar-refractivity contribution is 6.17. The molecule has 0 spiro atoms. The minimum atomic E-state index is 0.136. The number of halogens is 1. The lowest BCUT2D eigenvalue weighted by Crippen LogP contribution is -2.18. The van der Waals surface area contributed by atoms with Gasteiger partial charge in [-0.25, -0.2) is 4.98 Å². The van der Waals surface area contributed by atoms with Crippen molar-refractivity contribution in [2.24, 2.45) is 0 Å². The third-order valence-corrected chi connectivity index (χ3v) is 3.52. The van der Waals surface area contributed by atoms with Gasteiger partial charge in [-0.1, -0.05) is 6.07 Å². The summed E-state index contributed by atoms with van der Waals surface area (Å²) in [5.74, 6) is 2.36. The molecule has 5 heteroatoms. The van der Waals surface area contributed by atoms with Crippen LogP contribution in [0.1, 0.15) is 26.6 Å². The summed E-state index contributed by atoms with van der Waals surface area (Å²) in [5.41, 5.74) is 1.98. The van der Waals surface area contributed by atoms with Crippen molar-refractivity contribution >= 4 is 22.6 Å². The predicted molar refractivity (Wildman–Crippen MR) is 86.4 cm³/mol. The first-order valence-corrected chi connectivity index (χ1v) is 8.03. The van der Waals surface area contributed by atoms with Gasteiger partial charge in [-0.3, -0.25) is 0 Å². The van der Waals surface area contributed by atoms with Gasteiger partial charge in [0.05, 0.1) is 24.8 Å². The van der Waals surface area contributed by atoms with Crippen LogP contribution in [0, 0.1) is 0 Å². The Bertz CT molecular complexity index is 583. The van der Waals surface area contributed by atoms with Crippen LogP contribution in [0.4, 0.5) is 0 Å². The monoisotopic (exact) mass is 310 g/mol. The molecule has 1 aromatic carbocycles. The molecular formula is C16H23ClN2O2. The second-order valence-electron chi connectivity index (χ2n) is 4.90. The highest BCUT2D eigenvalue weighted by Crippen LogP contribution is 2.27. The first-order valence-electron chi connectivity index (χ1n) is 7.49. The van der Waals surface area contributed by atoms with Crippen molar-refractivity contribution in [3.8, 4) is 5.75 Å². The van der Waals surface area contributed by atoms with Gasteiger partial charge in [0.1, 0.15) is 17.1 Å². The molecule has 0 saturated carbocycles. The van der Waals surface area contributed by atoms with Crippen LogP contribution < -0.4 is 4.74 Å². The molecule has 21 heavy (non-hydrogen) atoms. The third kappa shape index (κ3) is 3.69. The van der Waals surface area contributed by atoms with Crippen molar-refractivity contribution < 1.29 is 9.47 Å². The van der Waals surface area contributed by atoms with Crippen LogP contribution in [0.3, 0.4) is 0 Å². The minimum absolute atomic E-state index is 0.136. The normalized spacial score (nSPS) is 12.8. The molecule has 116 valence electrons. The van der Waals surface area contributed by atoms with Crippen LogP contribution in [-0.4, -0.2) is 34.7 Å². The summed E-state index contributed by atoms with van der Waals surface area (Å²) in [6.45, 7) is 8.18. The van der Waals surface area contributed by atoms with E-state index in [1.54, 1.807) is 0 Å². The van der Waals surface area contributed by atoms with Gasteiger partial charge < -0.3 is 14.0 Å². The Balaban J connectivity index is 2.44. The number of ether oxygens (including phenoxy) is 2. The number of para-hydroxylation sites is 1. The molecule has 0 saturated heterocycles. The zero-order valence-electron chi connectivity index (χ0n) is 12.9. The van der Waals surface area contributed by atoms with E-state index in [0.29, 0.717) is 19.1 Å². The lowest BCUT2D eigenvalue weighted by molar-refractivity contribution is 0.0643. The van der Waals surface area contributed by atoms with Gasteiger partial charge in [0.2, 0.25) is 0 Å². The van der Waals surface area contributed by atoms with Crippen molar-refractivity contribution in [2.45, 2.75) is 39.8 Å². The highest BCUT2D eigenvalue weighted by Gasteiger charge is 2.15. The molecule has 0 fully saturated rings. The third-order valence-electron chi connectivity index (χ3n) is 3.33. The molecule has 1 atom stereocenters. The van der Waals surface area contributed by atoms with Crippen molar-refractivity contribution in [2.75, 3.05) is 19.1 Å². The van der Waals surface area contributed by atoms with Gasteiger partial charge in [0.25, 0.3) is 0 Å². The van der Waals surface area contributed by atoms with Crippen molar-refractivity contribution in [3.05, 3.63) is 24.0 Å². The van der Waals surface area contributed by atoms with Gasteiger partial charge in [0.15, 0.2) is 0 Å². The fraction of sp³-hybridized carbons (Fsp3) is 0.562. The Morgan fingerprint density at radius 2 is 2.10 bits per heavy atom. The Morgan fingerprint density at radius 3 is 2.76 bits per heavy atom. The number of alkyl halides is 1. The maximum absolute atomic E-state index is 5.92. The summed E-state index contributed by atoms with van der Waals surface area (Å²) < 4.78 is 13.5. The van der Waals surface area contributed by atoms with Gasteiger partial charge in [-0.2, -0.15) is 0 Å². The number of benzene rings is 1. The maximum Gasteiger partial charge on any atom is 0.147 e. The first-order chi connectivity index (χ1) is 10.2. The van der Waals surface area contributed by atoms with E-state index in [4.69, 9.17) is 26.1 Å². The maximum atomic E-state index is 5.92. The fourth-order valence-corrected chi connectivity index (χ4v) is 2.68. The number of aryl methyl sites for hydroxylation is 1. The number of imidazole rings is 1. The molecule has 2 aromatic rings. The number of rotatable bonds is 8. The quantitative estimate of drug-likeness (QED) is 0.698. The number of hydrogen-bond donors (Lipinski definition) is 0. The van der Waals surface area contributed by atoms with Gasteiger partial charge in [0, 0.05) is 18.9 Å². The zero-order valence-corrected chi connectivity index (χ0v) is 13.7. The van der Waals surface area contributed by atoms with Crippen molar-refractivity contribution in [1.82, 2.24) is 9.55 Å². The molecule has 1 aromatic heterocycles. The molecule has 0 amide bonds. The van der Waals surface area contributed by atoms with E-state index in [2.05, 4.69) is 17.6 Å². The second kappa shape index (κ2) is 7.66. The average molecular weight is 311 g/mol. The van der Waals surface area contributed by atoms with E-state index in [-0.39, 0.29) is 6.10 Å². The number of fused-ring (bicyclic) bond motifs is 1. The lowest BCUT2D eigenvalue weighted by atomic mass is 10.3. The van der Waals surface area contributed by atoms with E-state index in [9.17, 15) is 0 Å². The number of hydrogen-bond acceptors (Lipinski definition) is 3. The van der Waals surface area contributed by atoms with Gasteiger partial charge in [-0.05, 0) is 32.9 Å². The first kappa shape index (κ1) is 16.1. The topological polar surface area (TPSA) is 36.3 Å². The van der Waals surface area contributed by atoms with E-state index in [0.717, 1.165) is 35.6 Å². The molecule has 4 nitrogen and oxygen atoms in total. The largest absolute Gasteiger partial charge is 0.492 e. The molecule has 0 aliphatic rings. The molecular weight excluding hydrogens is 288 g/mol. The molecule has 0 aliphatic carbocycles.